The van der Waals surface area contributed by atoms with Crippen LogP contribution in [-0.4, -0.2) is 38.4 Å². The van der Waals surface area contributed by atoms with E-state index in [0.717, 1.165) is 19.3 Å². The van der Waals surface area contributed by atoms with Crippen molar-refractivity contribution in [2.45, 2.75) is 31.7 Å². The molecule has 0 saturated heterocycles. The molecule has 15 heavy (non-hydrogen) atoms. The first-order valence-electron chi connectivity index (χ1n) is 5.65. The van der Waals surface area contributed by atoms with E-state index in [-0.39, 0.29) is 6.03 Å². The van der Waals surface area contributed by atoms with Gasteiger partial charge in [-0.1, -0.05) is 0 Å². The maximum Gasteiger partial charge on any atom is 0.315 e. The molecular formula is C10H21N3O2. The molecule has 0 atom stereocenters. The van der Waals surface area contributed by atoms with E-state index >= 15 is 0 Å². The molecular weight excluding hydrogens is 194 g/mol. The number of rotatable bonds is 7. The fourth-order valence-corrected chi connectivity index (χ4v) is 1.35. The van der Waals surface area contributed by atoms with Gasteiger partial charge in [0.25, 0.3) is 0 Å². The fourth-order valence-electron chi connectivity index (χ4n) is 1.35. The van der Waals surface area contributed by atoms with E-state index in [0.29, 0.717) is 32.3 Å². The van der Waals surface area contributed by atoms with Crippen LogP contribution >= 0.6 is 0 Å². The summed E-state index contributed by atoms with van der Waals surface area (Å²) in [4.78, 5) is 11.3. The van der Waals surface area contributed by atoms with Gasteiger partial charge in [-0.3, -0.25) is 0 Å². The van der Waals surface area contributed by atoms with Crippen LogP contribution in [0, 0.1) is 0 Å². The molecule has 2 amide bonds. The lowest BCUT2D eigenvalue weighted by Crippen LogP contribution is -2.45. The maximum absolute atomic E-state index is 11.3. The molecule has 4 N–H and O–H groups in total. The van der Waals surface area contributed by atoms with E-state index in [1.54, 1.807) is 0 Å². The normalized spacial score (nSPS) is 15.8. The van der Waals surface area contributed by atoms with Gasteiger partial charge in [-0.05, 0) is 25.7 Å². The first-order chi connectivity index (χ1) is 7.33. The van der Waals surface area contributed by atoms with Crippen molar-refractivity contribution in [2.75, 3.05) is 26.3 Å². The molecule has 5 heteroatoms. The van der Waals surface area contributed by atoms with Gasteiger partial charge in [0.15, 0.2) is 0 Å². The van der Waals surface area contributed by atoms with Crippen LogP contribution in [0.15, 0.2) is 0 Å². The summed E-state index contributed by atoms with van der Waals surface area (Å²) >= 11 is 0. The second-order valence-corrected chi connectivity index (χ2v) is 3.78. The number of hydrogen-bond donors (Lipinski definition) is 3. The summed E-state index contributed by atoms with van der Waals surface area (Å²) in [6.07, 6.45) is 4.30. The van der Waals surface area contributed by atoms with Crippen LogP contribution in [0.25, 0.3) is 0 Å². The molecule has 0 aliphatic heterocycles. The first-order valence-corrected chi connectivity index (χ1v) is 5.65. The van der Waals surface area contributed by atoms with E-state index < -0.39 is 0 Å². The summed E-state index contributed by atoms with van der Waals surface area (Å²) in [6, 6.07) is 0.344. The van der Waals surface area contributed by atoms with Gasteiger partial charge in [-0.2, -0.15) is 0 Å². The van der Waals surface area contributed by atoms with E-state index in [1.807, 2.05) is 0 Å². The van der Waals surface area contributed by atoms with Crippen molar-refractivity contribution in [1.82, 2.24) is 10.6 Å². The summed E-state index contributed by atoms with van der Waals surface area (Å²) in [5, 5.41) is 5.70. The molecule has 1 rings (SSSR count). The Kier molecular flexibility index (Phi) is 6.11. The van der Waals surface area contributed by atoms with Crippen LogP contribution in [0.5, 0.6) is 0 Å². The summed E-state index contributed by atoms with van der Waals surface area (Å²) < 4.78 is 5.18. The lowest BCUT2D eigenvalue weighted by Gasteiger charge is -2.26. The van der Waals surface area contributed by atoms with Crippen molar-refractivity contribution in [3.05, 3.63) is 0 Å². The van der Waals surface area contributed by atoms with Crippen molar-refractivity contribution < 1.29 is 9.53 Å². The molecule has 0 aromatic heterocycles. The highest BCUT2D eigenvalue weighted by Gasteiger charge is 2.18. The Morgan fingerprint density at radius 3 is 2.80 bits per heavy atom. The third-order valence-electron chi connectivity index (χ3n) is 2.45. The second kappa shape index (κ2) is 7.48. The van der Waals surface area contributed by atoms with Crippen molar-refractivity contribution >= 4 is 6.03 Å². The Balaban J connectivity index is 1.83. The highest BCUT2D eigenvalue weighted by molar-refractivity contribution is 5.74. The minimum Gasteiger partial charge on any atom is -0.380 e. The Hall–Kier alpha value is -0.810. The topological polar surface area (TPSA) is 76.4 Å². The number of nitrogens with one attached hydrogen (secondary N) is 2. The highest BCUT2D eigenvalue weighted by Crippen LogP contribution is 2.17. The molecule has 0 bridgehead atoms. The van der Waals surface area contributed by atoms with Crippen LogP contribution < -0.4 is 16.4 Å². The van der Waals surface area contributed by atoms with Crippen LogP contribution in [-0.2, 0) is 4.74 Å². The zero-order chi connectivity index (χ0) is 10.9. The average molecular weight is 215 g/mol. The van der Waals surface area contributed by atoms with E-state index in [2.05, 4.69) is 10.6 Å². The molecule has 0 aromatic carbocycles. The molecule has 1 saturated carbocycles. The van der Waals surface area contributed by atoms with Gasteiger partial charge in [-0.25, -0.2) is 4.79 Å². The highest BCUT2D eigenvalue weighted by atomic mass is 16.5. The van der Waals surface area contributed by atoms with Gasteiger partial charge in [0.2, 0.25) is 0 Å². The fraction of sp³-hybridized carbons (Fsp3) is 0.900. The lowest BCUT2D eigenvalue weighted by molar-refractivity contribution is 0.139. The number of amides is 2. The molecule has 1 aliphatic rings. The summed E-state index contributed by atoms with van der Waals surface area (Å²) in [6.45, 7) is 2.45. The smallest absolute Gasteiger partial charge is 0.315 e. The van der Waals surface area contributed by atoms with Gasteiger partial charge in [0.1, 0.15) is 0 Å². The number of nitrogens with two attached hydrogens (primary N) is 1. The van der Waals surface area contributed by atoms with Crippen LogP contribution in [0.2, 0.25) is 0 Å². The van der Waals surface area contributed by atoms with Crippen LogP contribution in [0.4, 0.5) is 4.79 Å². The largest absolute Gasteiger partial charge is 0.380 e. The van der Waals surface area contributed by atoms with Crippen LogP contribution in [0.3, 0.4) is 0 Å². The van der Waals surface area contributed by atoms with Crippen molar-refractivity contribution in [2.24, 2.45) is 5.73 Å². The van der Waals surface area contributed by atoms with Gasteiger partial charge in [-0.15, -0.1) is 0 Å². The Morgan fingerprint density at radius 1 is 1.40 bits per heavy atom. The summed E-state index contributed by atoms with van der Waals surface area (Å²) in [5.41, 5.74) is 5.26. The summed E-state index contributed by atoms with van der Waals surface area (Å²) in [7, 11) is 0. The SMILES string of the molecule is NCCOCCCNC(=O)NC1CCC1. The molecule has 5 nitrogen and oxygen atoms in total. The monoisotopic (exact) mass is 215 g/mol. The second-order valence-electron chi connectivity index (χ2n) is 3.78. The zero-order valence-electron chi connectivity index (χ0n) is 9.13. The Morgan fingerprint density at radius 2 is 2.20 bits per heavy atom. The minimum absolute atomic E-state index is 0.0569. The average Bonchev–Trinajstić information content (AvgIpc) is 2.17. The quantitative estimate of drug-likeness (QED) is 0.531. The zero-order valence-corrected chi connectivity index (χ0v) is 9.13. The van der Waals surface area contributed by atoms with Crippen molar-refractivity contribution in [1.29, 1.82) is 0 Å². The summed E-state index contributed by atoms with van der Waals surface area (Å²) in [5.74, 6) is 0. The third kappa shape index (κ3) is 5.59. The molecule has 0 radical (unpaired) electrons. The number of ether oxygens (including phenoxy) is 1. The third-order valence-corrected chi connectivity index (χ3v) is 2.45. The molecule has 0 heterocycles. The standard InChI is InChI=1S/C10H21N3O2/c11-5-8-15-7-2-6-12-10(14)13-9-3-1-4-9/h9H,1-8,11H2,(H2,12,13,14). The number of hydrogen-bond acceptors (Lipinski definition) is 3. The molecule has 0 spiro atoms. The molecule has 1 aliphatic carbocycles. The van der Waals surface area contributed by atoms with Gasteiger partial charge >= 0.3 is 6.03 Å². The number of carbonyl (C=O) groups is 1. The molecule has 0 unspecified atom stereocenters. The van der Waals surface area contributed by atoms with Crippen LogP contribution in [0.1, 0.15) is 25.7 Å². The van der Waals surface area contributed by atoms with E-state index in [4.69, 9.17) is 10.5 Å². The lowest BCUT2D eigenvalue weighted by atomic mass is 9.93. The molecule has 0 aromatic rings. The molecule has 88 valence electrons. The first kappa shape index (κ1) is 12.3. The Bertz CT molecular complexity index is 184. The number of urea groups is 1. The van der Waals surface area contributed by atoms with Gasteiger partial charge in [0.05, 0.1) is 6.61 Å². The number of carbonyl (C=O) groups excluding carboxylic acids is 1. The van der Waals surface area contributed by atoms with Crippen molar-refractivity contribution in [3.63, 3.8) is 0 Å². The Labute approximate surface area is 90.7 Å². The predicted octanol–water partition coefficient (Wildman–Crippen LogP) is 0.204. The molecule has 1 fully saturated rings. The minimum atomic E-state index is -0.0569. The maximum atomic E-state index is 11.3. The van der Waals surface area contributed by atoms with Gasteiger partial charge in [0, 0.05) is 25.7 Å². The van der Waals surface area contributed by atoms with E-state index in [1.165, 1.54) is 6.42 Å². The van der Waals surface area contributed by atoms with Gasteiger partial charge < -0.3 is 21.1 Å². The predicted molar refractivity (Wildman–Crippen MR) is 58.7 cm³/mol. The van der Waals surface area contributed by atoms with Crippen molar-refractivity contribution in [3.8, 4) is 0 Å². The van der Waals surface area contributed by atoms with E-state index in [9.17, 15) is 4.79 Å².